The first kappa shape index (κ1) is 14.7. The van der Waals surface area contributed by atoms with Crippen LogP contribution in [0.5, 0.6) is 0 Å². The van der Waals surface area contributed by atoms with E-state index < -0.39 is 0 Å². The molecule has 0 radical (unpaired) electrons. The molecule has 0 spiro atoms. The third-order valence-corrected chi connectivity index (χ3v) is 3.17. The number of aryl methyl sites for hydroxylation is 1. The second-order valence-electron chi connectivity index (χ2n) is 3.69. The second-order valence-corrected chi connectivity index (χ2v) is 4.25. The monoisotopic (exact) mass is 314 g/mol. The first-order valence-electron chi connectivity index (χ1n) is 5.45. The van der Waals surface area contributed by atoms with E-state index in [1.54, 1.807) is 6.07 Å². The molecule has 0 heterocycles. The molecular formula is C13H15BrO4. The van der Waals surface area contributed by atoms with Gasteiger partial charge in [0.15, 0.2) is 0 Å². The second kappa shape index (κ2) is 7.16. The van der Waals surface area contributed by atoms with Crippen LogP contribution >= 0.6 is 15.9 Å². The first-order valence-corrected chi connectivity index (χ1v) is 6.57. The molecular weight excluding hydrogens is 300 g/mol. The van der Waals surface area contributed by atoms with Crippen LogP contribution in [-0.2, 0) is 26.0 Å². The van der Waals surface area contributed by atoms with Crippen molar-refractivity contribution in [3.05, 3.63) is 34.9 Å². The van der Waals surface area contributed by atoms with Crippen LogP contribution < -0.4 is 0 Å². The third kappa shape index (κ3) is 3.84. The number of benzene rings is 1. The van der Waals surface area contributed by atoms with E-state index in [-0.39, 0.29) is 11.9 Å². The van der Waals surface area contributed by atoms with Crippen molar-refractivity contribution < 1.29 is 19.1 Å². The van der Waals surface area contributed by atoms with E-state index >= 15 is 0 Å². The normalized spacial score (nSPS) is 9.94. The lowest BCUT2D eigenvalue weighted by molar-refractivity contribution is -0.140. The number of halogens is 1. The van der Waals surface area contributed by atoms with Gasteiger partial charge in [-0.3, -0.25) is 4.79 Å². The molecule has 0 aliphatic carbocycles. The van der Waals surface area contributed by atoms with Gasteiger partial charge in [-0.25, -0.2) is 4.79 Å². The summed E-state index contributed by atoms with van der Waals surface area (Å²) in [6.07, 6.45) is 0.921. The molecule has 0 fully saturated rings. The molecule has 0 saturated heterocycles. The largest absolute Gasteiger partial charge is 0.469 e. The van der Waals surface area contributed by atoms with Crippen LogP contribution in [0.3, 0.4) is 0 Å². The Morgan fingerprint density at radius 3 is 2.50 bits per heavy atom. The number of carbonyl (C=O) groups excluding carboxylic acids is 2. The van der Waals surface area contributed by atoms with Crippen LogP contribution in [0.1, 0.15) is 27.9 Å². The van der Waals surface area contributed by atoms with Crippen molar-refractivity contribution in [1.29, 1.82) is 0 Å². The van der Waals surface area contributed by atoms with E-state index in [0.717, 1.165) is 11.1 Å². The average Bonchev–Trinajstić information content (AvgIpc) is 2.43. The van der Waals surface area contributed by atoms with Gasteiger partial charge in [0.25, 0.3) is 0 Å². The van der Waals surface area contributed by atoms with Crippen LogP contribution in [0.15, 0.2) is 18.2 Å². The number of carbonyl (C=O) groups is 2. The minimum Gasteiger partial charge on any atom is -0.469 e. The zero-order valence-corrected chi connectivity index (χ0v) is 12.0. The van der Waals surface area contributed by atoms with Crippen LogP contribution in [0.2, 0.25) is 0 Å². The van der Waals surface area contributed by atoms with Gasteiger partial charge in [0.1, 0.15) is 0 Å². The molecule has 0 unspecified atom stereocenters. The van der Waals surface area contributed by atoms with E-state index in [1.165, 1.54) is 14.2 Å². The Morgan fingerprint density at radius 2 is 1.94 bits per heavy atom. The molecule has 18 heavy (non-hydrogen) atoms. The number of rotatable bonds is 5. The Balaban J connectivity index is 2.85. The Labute approximate surface area is 114 Å². The quantitative estimate of drug-likeness (QED) is 0.619. The fraction of sp³-hybridized carbons (Fsp3) is 0.385. The summed E-state index contributed by atoms with van der Waals surface area (Å²) in [4.78, 5) is 22.6. The van der Waals surface area contributed by atoms with Gasteiger partial charge in [0.2, 0.25) is 0 Å². The Kier molecular flexibility index (Phi) is 5.85. The third-order valence-electron chi connectivity index (χ3n) is 2.56. The summed E-state index contributed by atoms with van der Waals surface area (Å²) >= 11 is 3.33. The predicted octanol–water partition coefficient (Wildman–Crippen LogP) is 2.47. The van der Waals surface area contributed by atoms with Gasteiger partial charge >= 0.3 is 11.9 Å². The van der Waals surface area contributed by atoms with E-state index in [0.29, 0.717) is 23.7 Å². The Hall–Kier alpha value is -1.36. The topological polar surface area (TPSA) is 52.6 Å². The molecule has 0 saturated carbocycles. The summed E-state index contributed by atoms with van der Waals surface area (Å²) in [5.41, 5.74) is 2.38. The maximum Gasteiger partial charge on any atom is 0.338 e. The molecule has 0 amide bonds. The van der Waals surface area contributed by atoms with Crippen molar-refractivity contribution in [2.75, 3.05) is 14.2 Å². The molecule has 98 valence electrons. The highest BCUT2D eigenvalue weighted by Gasteiger charge is 2.12. The lowest BCUT2D eigenvalue weighted by atomic mass is 10.0. The molecule has 0 N–H and O–H groups in total. The maximum absolute atomic E-state index is 11.5. The summed E-state index contributed by atoms with van der Waals surface area (Å²) in [6.45, 7) is 0. The van der Waals surface area contributed by atoms with Crippen LogP contribution in [0.4, 0.5) is 0 Å². The number of esters is 2. The van der Waals surface area contributed by atoms with Crippen molar-refractivity contribution in [2.24, 2.45) is 0 Å². The van der Waals surface area contributed by atoms with Gasteiger partial charge in [0, 0.05) is 11.8 Å². The van der Waals surface area contributed by atoms with Crippen molar-refractivity contribution in [1.82, 2.24) is 0 Å². The Bertz CT molecular complexity index is 443. The van der Waals surface area contributed by atoms with Crippen molar-refractivity contribution in [2.45, 2.75) is 18.2 Å². The van der Waals surface area contributed by atoms with Gasteiger partial charge in [-0.1, -0.05) is 28.1 Å². The first-order chi connectivity index (χ1) is 8.62. The van der Waals surface area contributed by atoms with Crippen molar-refractivity contribution >= 4 is 27.9 Å². The number of alkyl halides is 1. The number of methoxy groups -OCH3 is 2. The van der Waals surface area contributed by atoms with Crippen LogP contribution in [-0.4, -0.2) is 26.2 Å². The molecule has 1 aromatic carbocycles. The lowest BCUT2D eigenvalue weighted by Crippen LogP contribution is -2.06. The summed E-state index contributed by atoms with van der Waals surface area (Å²) in [5, 5.41) is 0.559. The summed E-state index contributed by atoms with van der Waals surface area (Å²) < 4.78 is 9.29. The summed E-state index contributed by atoms with van der Waals surface area (Å²) in [7, 11) is 2.72. The molecule has 4 nitrogen and oxygen atoms in total. The highest BCUT2D eigenvalue weighted by molar-refractivity contribution is 9.08. The van der Waals surface area contributed by atoms with E-state index in [4.69, 9.17) is 4.74 Å². The highest BCUT2D eigenvalue weighted by atomic mass is 79.9. The molecule has 0 atom stereocenters. The standard InChI is InChI=1S/C13H15BrO4/c1-17-12(15)6-4-9-3-5-11(13(16)18-2)10(7-9)8-14/h3,5,7H,4,6,8H2,1-2H3. The summed E-state index contributed by atoms with van der Waals surface area (Å²) in [6, 6.07) is 5.43. The molecule has 0 bridgehead atoms. The van der Waals surface area contributed by atoms with Gasteiger partial charge in [-0.15, -0.1) is 0 Å². The fourth-order valence-corrected chi connectivity index (χ4v) is 2.03. The SMILES string of the molecule is COC(=O)CCc1ccc(C(=O)OC)c(CBr)c1. The van der Waals surface area contributed by atoms with Crippen LogP contribution in [0, 0.1) is 0 Å². The zero-order valence-electron chi connectivity index (χ0n) is 10.4. The van der Waals surface area contributed by atoms with Gasteiger partial charge < -0.3 is 9.47 Å². The smallest absolute Gasteiger partial charge is 0.338 e. The molecule has 5 heteroatoms. The highest BCUT2D eigenvalue weighted by Crippen LogP contribution is 2.17. The Morgan fingerprint density at radius 1 is 1.22 bits per heavy atom. The molecule has 0 aliphatic rings. The molecule has 0 aromatic heterocycles. The van der Waals surface area contributed by atoms with Gasteiger partial charge in [-0.05, 0) is 23.6 Å². The summed E-state index contributed by atoms with van der Waals surface area (Å²) in [5.74, 6) is -0.601. The van der Waals surface area contributed by atoms with E-state index in [9.17, 15) is 9.59 Å². The zero-order chi connectivity index (χ0) is 13.5. The fourth-order valence-electron chi connectivity index (χ4n) is 1.57. The predicted molar refractivity (Wildman–Crippen MR) is 70.7 cm³/mol. The number of hydrogen-bond donors (Lipinski definition) is 0. The van der Waals surface area contributed by atoms with Crippen molar-refractivity contribution in [3.63, 3.8) is 0 Å². The maximum atomic E-state index is 11.5. The van der Waals surface area contributed by atoms with Crippen molar-refractivity contribution in [3.8, 4) is 0 Å². The molecule has 1 aromatic rings. The lowest BCUT2D eigenvalue weighted by Gasteiger charge is -2.08. The molecule has 0 aliphatic heterocycles. The van der Waals surface area contributed by atoms with Crippen LogP contribution in [0.25, 0.3) is 0 Å². The minimum atomic E-state index is -0.357. The molecule has 1 rings (SSSR count). The van der Waals surface area contributed by atoms with E-state index in [2.05, 4.69) is 20.7 Å². The van der Waals surface area contributed by atoms with Gasteiger partial charge in [-0.2, -0.15) is 0 Å². The van der Waals surface area contributed by atoms with Gasteiger partial charge in [0.05, 0.1) is 19.8 Å². The average molecular weight is 315 g/mol. The minimum absolute atomic E-state index is 0.243. The number of ether oxygens (including phenoxy) is 2. The number of hydrogen-bond acceptors (Lipinski definition) is 4. The van der Waals surface area contributed by atoms with E-state index in [1.807, 2.05) is 12.1 Å².